The number of aliphatic hydroxyl groups is 1. The first-order chi connectivity index (χ1) is 8.54. The molecule has 18 heavy (non-hydrogen) atoms. The van der Waals surface area contributed by atoms with Gasteiger partial charge in [0.1, 0.15) is 0 Å². The summed E-state index contributed by atoms with van der Waals surface area (Å²) < 4.78 is 1.85. The van der Waals surface area contributed by atoms with E-state index in [4.69, 9.17) is 11.6 Å². The Morgan fingerprint density at radius 2 is 2.11 bits per heavy atom. The van der Waals surface area contributed by atoms with Crippen molar-refractivity contribution in [1.29, 1.82) is 0 Å². The Morgan fingerprint density at radius 3 is 2.67 bits per heavy atom. The highest BCUT2D eigenvalue weighted by Crippen LogP contribution is 2.25. The maximum absolute atomic E-state index is 9.35. The number of hydrogen-bond donors (Lipinski definition) is 1. The van der Waals surface area contributed by atoms with Gasteiger partial charge < -0.3 is 5.11 Å². The molecule has 0 spiro atoms. The van der Waals surface area contributed by atoms with E-state index in [1.165, 1.54) is 0 Å². The molecule has 96 valence electrons. The molecule has 0 aliphatic heterocycles. The third-order valence-corrected chi connectivity index (χ3v) is 3.41. The largest absolute Gasteiger partial charge is 0.392 e. The van der Waals surface area contributed by atoms with Crippen molar-refractivity contribution in [2.45, 2.75) is 33.3 Å². The predicted octanol–water partition coefficient (Wildman–Crippen LogP) is 3.45. The Labute approximate surface area is 112 Å². The number of aliphatic hydroxyl groups excluding tert-OH is 1. The summed E-state index contributed by atoms with van der Waals surface area (Å²) in [7, 11) is 0. The summed E-state index contributed by atoms with van der Waals surface area (Å²) in [6.07, 6.45) is 1.71. The van der Waals surface area contributed by atoms with Gasteiger partial charge in [-0.3, -0.25) is 0 Å². The number of benzene rings is 1. The van der Waals surface area contributed by atoms with Crippen LogP contribution in [0.1, 0.15) is 36.6 Å². The van der Waals surface area contributed by atoms with Crippen LogP contribution in [0.15, 0.2) is 24.4 Å². The topological polar surface area (TPSA) is 38.0 Å². The van der Waals surface area contributed by atoms with Crippen LogP contribution in [0.4, 0.5) is 0 Å². The van der Waals surface area contributed by atoms with Gasteiger partial charge in [-0.05, 0) is 30.5 Å². The number of aromatic nitrogens is 2. The fourth-order valence-electron chi connectivity index (χ4n) is 2.05. The van der Waals surface area contributed by atoms with Crippen LogP contribution >= 0.6 is 11.6 Å². The summed E-state index contributed by atoms with van der Waals surface area (Å²) in [5.74, 6) is 0.287. The van der Waals surface area contributed by atoms with Crippen molar-refractivity contribution in [3.63, 3.8) is 0 Å². The molecular formula is C14H17ClN2O. The fourth-order valence-corrected chi connectivity index (χ4v) is 2.22. The summed E-state index contributed by atoms with van der Waals surface area (Å²) in [5.41, 5.74) is 3.86. The third kappa shape index (κ3) is 2.28. The van der Waals surface area contributed by atoms with E-state index in [-0.39, 0.29) is 12.5 Å². The molecule has 0 unspecified atom stereocenters. The molecule has 0 fully saturated rings. The minimum atomic E-state index is 0.00705. The third-order valence-electron chi connectivity index (χ3n) is 3.00. The standard InChI is InChI=1S/C14H17ClN2O/c1-9(2)14-11(8-18)7-16-17(14)12-5-4-10(3)13(15)6-12/h4-7,9,18H,8H2,1-3H3. The van der Waals surface area contributed by atoms with Crippen LogP contribution in [0.2, 0.25) is 5.02 Å². The van der Waals surface area contributed by atoms with Crippen molar-refractivity contribution in [2.75, 3.05) is 0 Å². The van der Waals surface area contributed by atoms with Gasteiger partial charge in [-0.25, -0.2) is 4.68 Å². The second-order valence-electron chi connectivity index (χ2n) is 4.71. The molecule has 0 atom stereocenters. The Bertz CT molecular complexity index is 561. The molecule has 4 heteroatoms. The minimum absolute atomic E-state index is 0.00705. The predicted molar refractivity (Wildman–Crippen MR) is 73.3 cm³/mol. The lowest BCUT2D eigenvalue weighted by Gasteiger charge is -2.13. The van der Waals surface area contributed by atoms with Gasteiger partial charge in [0.25, 0.3) is 0 Å². The van der Waals surface area contributed by atoms with Crippen LogP contribution in [-0.4, -0.2) is 14.9 Å². The maximum Gasteiger partial charge on any atom is 0.0715 e. The lowest BCUT2D eigenvalue weighted by Crippen LogP contribution is -2.05. The maximum atomic E-state index is 9.35. The van der Waals surface area contributed by atoms with E-state index in [1.54, 1.807) is 6.20 Å². The molecule has 0 amide bonds. The van der Waals surface area contributed by atoms with Gasteiger partial charge >= 0.3 is 0 Å². The summed E-state index contributed by atoms with van der Waals surface area (Å²) in [4.78, 5) is 0. The van der Waals surface area contributed by atoms with Crippen LogP contribution in [0, 0.1) is 6.92 Å². The molecule has 0 aliphatic rings. The molecule has 1 aromatic heterocycles. The molecule has 2 aromatic rings. The Morgan fingerprint density at radius 1 is 1.39 bits per heavy atom. The minimum Gasteiger partial charge on any atom is -0.392 e. The molecular weight excluding hydrogens is 248 g/mol. The van der Waals surface area contributed by atoms with E-state index in [0.717, 1.165) is 27.5 Å². The van der Waals surface area contributed by atoms with Gasteiger partial charge in [0, 0.05) is 10.6 Å². The lowest BCUT2D eigenvalue weighted by molar-refractivity contribution is 0.280. The lowest BCUT2D eigenvalue weighted by atomic mass is 10.1. The molecule has 0 saturated heterocycles. The van der Waals surface area contributed by atoms with E-state index >= 15 is 0 Å². The second kappa shape index (κ2) is 5.12. The molecule has 0 aliphatic carbocycles. The SMILES string of the molecule is Cc1ccc(-n2ncc(CO)c2C(C)C)cc1Cl. The van der Waals surface area contributed by atoms with Gasteiger partial charge in [0.2, 0.25) is 0 Å². The fraction of sp³-hybridized carbons (Fsp3) is 0.357. The normalized spacial score (nSPS) is 11.2. The molecule has 2 rings (SSSR count). The molecule has 1 N–H and O–H groups in total. The van der Waals surface area contributed by atoms with Crippen molar-refractivity contribution in [3.8, 4) is 5.69 Å². The second-order valence-corrected chi connectivity index (χ2v) is 5.12. The zero-order chi connectivity index (χ0) is 13.3. The van der Waals surface area contributed by atoms with Crippen LogP contribution in [0.25, 0.3) is 5.69 Å². The zero-order valence-corrected chi connectivity index (χ0v) is 11.6. The van der Waals surface area contributed by atoms with Crippen molar-refractivity contribution in [2.24, 2.45) is 0 Å². The van der Waals surface area contributed by atoms with E-state index in [0.29, 0.717) is 0 Å². The molecule has 1 heterocycles. The van der Waals surface area contributed by atoms with Crippen LogP contribution < -0.4 is 0 Å². The summed E-state index contributed by atoms with van der Waals surface area (Å²) >= 11 is 6.15. The first-order valence-electron chi connectivity index (χ1n) is 5.98. The van der Waals surface area contributed by atoms with Crippen LogP contribution in [0.3, 0.4) is 0 Å². The average Bonchev–Trinajstić information content (AvgIpc) is 2.76. The number of rotatable bonds is 3. The summed E-state index contributed by atoms with van der Waals surface area (Å²) in [5, 5.41) is 14.4. The van der Waals surface area contributed by atoms with Crippen molar-refractivity contribution in [3.05, 3.63) is 46.2 Å². The summed E-state index contributed by atoms with van der Waals surface area (Å²) in [6, 6.07) is 5.86. The number of hydrogen-bond acceptors (Lipinski definition) is 2. The van der Waals surface area contributed by atoms with Crippen molar-refractivity contribution < 1.29 is 5.11 Å². The number of halogens is 1. The van der Waals surface area contributed by atoms with Crippen molar-refractivity contribution in [1.82, 2.24) is 9.78 Å². The molecule has 0 saturated carbocycles. The van der Waals surface area contributed by atoms with Crippen LogP contribution in [0.5, 0.6) is 0 Å². The molecule has 1 aromatic carbocycles. The smallest absolute Gasteiger partial charge is 0.0715 e. The first kappa shape index (κ1) is 13.1. The van der Waals surface area contributed by atoms with Crippen molar-refractivity contribution >= 4 is 11.6 Å². The highest BCUT2D eigenvalue weighted by atomic mass is 35.5. The van der Waals surface area contributed by atoms with Gasteiger partial charge in [-0.15, -0.1) is 0 Å². The van der Waals surface area contributed by atoms with Gasteiger partial charge in [-0.1, -0.05) is 31.5 Å². The monoisotopic (exact) mass is 264 g/mol. The number of aryl methyl sites for hydroxylation is 1. The average molecular weight is 265 g/mol. The molecule has 0 radical (unpaired) electrons. The Kier molecular flexibility index (Phi) is 3.73. The quantitative estimate of drug-likeness (QED) is 0.922. The highest BCUT2D eigenvalue weighted by molar-refractivity contribution is 6.31. The molecule has 3 nitrogen and oxygen atoms in total. The Hall–Kier alpha value is -1.32. The summed E-state index contributed by atoms with van der Waals surface area (Å²) in [6.45, 7) is 6.15. The number of nitrogens with zero attached hydrogens (tertiary/aromatic N) is 2. The highest BCUT2D eigenvalue weighted by Gasteiger charge is 2.15. The van der Waals surface area contributed by atoms with E-state index in [9.17, 15) is 5.11 Å². The van der Waals surface area contributed by atoms with Gasteiger partial charge in [0.05, 0.1) is 24.2 Å². The van der Waals surface area contributed by atoms with Crippen LogP contribution in [-0.2, 0) is 6.61 Å². The molecule has 0 bridgehead atoms. The zero-order valence-electron chi connectivity index (χ0n) is 10.8. The van der Waals surface area contributed by atoms with E-state index < -0.39 is 0 Å². The Balaban J connectivity index is 2.56. The first-order valence-corrected chi connectivity index (χ1v) is 6.36. The van der Waals surface area contributed by atoms with Gasteiger partial charge in [-0.2, -0.15) is 5.10 Å². The van der Waals surface area contributed by atoms with Gasteiger partial charge in [0.15, 0.2) is 0 Å². The van der Waals surface area contributed by atoms with E-state index in [1.807, 2.05) is 29.8 Å². The van der Waals surface area contributed by atoms with E-state index in [2.05, 4.69) is 18.9 Å².